The molecule has 0 spiro atoms. The molecule has 0 saturated heterocycles. The molecule has 0 atom stereocenters. The fourth-order valence-electron chi connectivity index (χ4n) is 0.837. The second kappa shape index (κ2) is 6.17. The van der Waals surface area contributed by atoms with E-state index in [-0.39, 0.29) is 4.75 Å². The monoisotopic (exact) mass is 217 g/mol. The van der Waals surface area contributed by atoms with Gasteiger partial charge in [0, 0.05) is 24.4 Å². The lowest BCUT2D eigenvalue weighted by molar-refractivity contribution is 0.645. The predicted molar refractivity (Wildman–Crippen MR) is 67.2 cm³/mol. The highest BCUT2D eigenvalue weighted by molar-refractivity contribution is 7.99. The molecular formula is C10H23N3S. The number of nitrogens with zero attached hydrogens (tertiary/aromatic N) is 1. The Bertz CT molecular complexity index is 188. The smallest absolute Gasteiger partial charge is 0.191 e. The van der Waals surface area contributed by atoms with Gasteiger partial charge in [0.25, 0.3) is 0 Å². The van der Waals surface area contributed by atoms with Crippen LogP contribution in [0.15, 0.2) is 4.99 Å². The fraction of sp³-hybridized carbons (Fsp3) is 0.900. The van der Waals surface area contributed by atoms with E-state index in [1.165, 1.54) is 0 Å². The summed E-state index contributed by atoms with van der Waals surface area (Å²) in [5.41, 5.74) is 0. The van der Waals surface area contributed by atoms with Gasteiger partial charge in [0.05, 0.1) is 0 Å². The van der Waals surface area contributed by atoms with Crippen molar-refractivity contribution >= 4 is 17.7 Å². The van der Waals surface area contributed by atoms with Gasteiger partial charge in [-0.05, 0) is 34.0 Å². The van der Waals surface area contributed by atoms with Crippen molar-refractivity contribution in [2.75, 3.05) is 19.8 Å². The van der Waals surface area contributed by atoms with Crippen LogP contribution in [0.5, 0.6) is 0 Å². The minimum Gasteiger partial charge on any atom is -0.355 e. The van der Waals surface area contributed by atoms with Crippen LogP contribution in [-0.4, -0.2) is 36.6 Å². The summed E-state index contributed by atoms with van der Waals surface area (Å²) in [4.78, 5) is 4.15. The third-order valence-corrected chi connectivity index (χ3v) is 3.13. The van der Waals surface area contributed by atoms with Gasteiger partial charge in [0.1, 0.15) is 0 Å². The van der Waals surface area contributed by atoms with Gasteiger partial charge in [-0.2, -0.15) is 11.8 Å². The Kier molecular flexibility index (Phi) is 6.00. The van der Waals surface area contributed by atoms with E-state index in [2.05, 4.69) is 49.6 Å². The zero-order valence-electron chi connectivity index (χ0n) is 10.1. The van der Waals surface area contributed by atoms with Crippen molar-refractivity contribution in [3.8, 4) is 0 Å². The molecule has 0 saturated carbocycles. The van der Waals surface area contributed by atoms with Crippen LogP contribution in [0, 0.1) is 0 Å². The second-order valence-electron chi connectivity index (χ2n) is 4.19. The van der Waals surface area contributed by atoms with Crippen LogP contribution in [0.3, 0.4) is 0 Å². The topological polar surface area (TPSA) is 36.4 Å². The number of aliphatic imine (C=N–C) groups is 1. The molecule has 0 aromatic carbocycles. The molecule has 0 radical (unpaired) electrons. The summed E-state index contributed by atoms with van der Waals surface area (Å²) in [6.07, 6.45) is 2.13. The highest BCUT2D eigenvalue weighted by Gasteiger charge is 2.16. The molecule has 4 heteroatoms. The molecule has 14 heavy (non-hydrogen) atoms. The minimum atomic E-state index is 0.245. The molecule has 0 aliphatic rings. The molecule has 0 aromatic heterocycles. The third kappa shape index (κ3) is 6.13. The van der Waals surface area contributed by atoms with Crippen molar-refractivity contribution in [2.45, 2.75) is 38.5 Å². The van der Waals surface area contributed by atoms with Gasteiger partial charge in [-0.1, -0.05) is 0 Å². The van der Waals surface area contributed by atoms with E-state index in [1.807, 2.05) is 11.8 Å². The first-order chi connectivity index (χ1) is 6.41. The minimum absolute atomic E-state index is 0.245. The second-order valence-corrected chi connectivity index (χ2v) is 5.70. The van der Waals surface area contributed by atoms with Crippen LogP contribution in [0.4, 0.5) is 0 Å². The van der Waals surface area contributed by atoms with Crippen LogP contribution in [0.25, 0.3) is 0 Å². The average Bonchev–Trinajstić information content (AvgIpc) is 2.12. The zero-order chi connectivity index (χ0) is 11.2. The van der Waals surface area contributed by atoms with Crippen LogP contribution in [0.2, 0.25) is 0 Å². The molecule has 0 unspecified atom stereocenters. The molecule has 0 heterocycles. The van der Waals surface area contributed by atoms with Crippen molar-refractivity contribution in [3.63, 3.8) is 0 Å². The van der Waals surface area contributed by atoms with Crippen LogP contribution >= 0.6 is 11.8 Å². The van der Waals surface area contributed by atoms with E-state index < -0.39 is 0 Å². The largest absolute Gasteiger partial charge is 0.355 e. The number of hydrogen-bond acceptors (Lipinski definition) is 2. The predicted octanol–water partition coefficient (Wildman–Crippen LogP) is 1.70. The highest BCUT2D eigenvalue weighted by atomic mass is 32.2. The highest BCUT2D eigenvalue weighted by Crippen LogP contribution is 2.19. The first kappa shape index (κ1) is 13.6. The normalized spacial score (nSPS) is 13.2. The number of nitrogens with one attached hydrogen (secondary N) is 2. The Balaban J connectivity index is 3.97. The van der Waals surface area contributed by atoms with Gasteiger partial charge < -0.3 is 10.6 Å². The number of hydrogen-bond donors (Lipinski definition) is 2. The van der Waals surface area contributed by atoms with E-state index in [0.29, 0.717) is 6.04 Å². The van der Waals surface area contributed by atoms with Gasteiger partial charge in [-0.3, -0.25) is 4.99 Å². The molecule has 84 valence electrons. The van der Waals surface area contributed by atoms with Crippen LogP contribution in [-0.2, 0) is 0 Å². The Morgan fingerprint density at radius 1 is 1.43 bits per heavy atom. The zero-order valence-corrected chi connectivity index (χ0v) is 11.0. The summed E-state index contributed by atoms with van der Waals surface area (Å²) in [7, 11) is 1.80. The van der Waals surface area contributed by atoms with Crippen LogP contribution in [0.1, 0.15) is 27.7 Å². The van der Waals surface area contributed by atoms with Gasteiger partial charge in [0.2, 0.25) is 0 Å². The Morgan fingerprint density at radius 3 is 2.36 bits per heavy atom. The number of rotatable bonds is 4. The van der Waals surface area contributed by atoms with E-state index in [9.17, 15) is 0 Å². The molecule has 0 aliphatic heterocycles. The first-order valence-electron chi connectivity index (χ1n) is 4.93. The maximum absolute atomic E-state index is 4.15. The third-order valence-electron chi connectivity index (χ3n) is 1.88. The maximum atomic E-state index is 4.15. The number of guanidine groups is 1. The summed E-state index contributed by atoms with van der Waals surface area (Å²) in [5.74, 6) is 0.877. The summed E-state index contributed by atoms with van der Waals surface area (Å²) in [6, 6.07) is 0.415. The number of thioether (sulfide) groups is 1. The Labute approximate surface area is 92.1 Å². The van der Waals surface area contributed by atoms with Crippen LogP contribution < -0.4 is 10.6 Å². The molecule has 2 N–H and O–H groups in total. The molecule has 0 aromatic rings. The van der Waals surface area contributed by atoms with E-state index in [0.717, 1.165) is 12.5 Å². The maximum Gasteiger partial charge on any atom is 0.191 e. The van der Waals surface area contributed by atoms with Crippen molar-refractivity contribution in [2.24, 2.45) is 4.99 Å². The molecular weight excluding hydrogens is 194 g/mol. The lowest BCUT2D eigenvalue weighted by atomic mass is 10.2. The molecule has 3 nitrogen and oxygen atoms in total. The van der Waals surface area contributed by atoms with E-state index in [4.69, 9.17) is 0 Å². The van der Waals surface area contributed by atoms with Crippen molar-refractivity contribution in [3.05, 3.63) is 0 Å². The first-order valence-corrected chi connectivity index (χ1v) is 6.16. The Morgan fingerprint density at radius 2 is 2.00 bits per heavy atom. The lowest BCUT2D eigenvalue weighted by Crippen LogP contribution is -2.45. The lowest BCUT2D eigenvalue weighted by Gasteiger charge is -2.24. The molecule has 0 bridgehead atoms. The van der Waals surface area contributed by atoms with E-state index >= 15 is 0 Å². The van der Waals surface area contributed by atoms with Crippen molar-refractivity contribution in [1.29, 1.82) is 0 Å². The summed E-state index contributed by atoms with van der Waals surface area (Å²) in [5, 5.41) is 6.57. The fourth-order valence-corrected chi connectivity index (χ4v) is 1.05. The van der Waals surface area contributed by atoms with Gasteiger partial charge in [0.15, 0.2) is 5.96 Å². The summed E-state index contributed by atoms with van der Waals surface area (Å²) < 4.78 is 0.245. The Hall–Kier alpha value is -0.380. The SMILES string of the molecule is CN=C(NCC(C)(C)SC)NC(C)C. The van der Waals surface area contributed by atoms with Gasteiger partial charge in [-0.15, -0.1) is 0 Å². The molecule has 0 aliphatic carbocycles. The van der Waals surface area contributed by atoms with Gasteiger partial charge in [-0.25, -0.2) is 0 Å². The molecule has 0 fully saturated rings. The quantitative estimate of drug-likeness (QED) is 0.556. The molecule has 0 rings (SSSR count). The van der Waals surface area contributed by atoms with Crippen molar-refractivity contribution < 1.29 is 0 Å². The summed E-state index contributed by atoms with van der Waals surface area (Å²) in [6.45, 7) is 9.56. The molecule has 0 amide bonds. The summed E-state index contributed by atoms with van der Waals surface area (Å²) >= 11 is 1.85. The van der Waals surface area contributed by atoms with Crippen molar-refractivity contribution in [1.82, 2.24) is 10.6 Å². The standard InChI is InChI=1S/C10H23N3S/c1-8(2)13-9(11-5)12-7-10(3,4)14-6/h8H,7H2,1-6H3,(H2,11,12,13). The van der Waals surface area contributed by atoms with Gasteiger partial charge >= 0.3 is 0 Å². The average molecular weight is 217 g/mol. The van der Waals surface area contributed by atoms with E-state index in [1.54, 1.807) is 7.05 Å².